The van der Waals surface area contributed by atoms with Gasteiger partial charge in [0.25, 0.3) is 0 Å². The van der Waals surface area contributed by atoms with Crippen LogP contribution in [0.3, 0.4) is 0 Å². The van der Waals surface area contributed by atoms with Crippen LogP contribution in [0.1, 0.15) is 52.9 Å². The Balaban J connectivity index is 3.06. The highest BCUT2D eigenvalue weighted by Crippen LogP contribution is 2.26. The highest BCUT2D eigenvalue weighted by molar-refractivity contribution is 5.57. The number of nitrogens with two attached hydrogens (primary N) is 1. The van der Waals surface area contributed by atoms with Crippen molar-refractivity contribution in [3.05, 3.63) is 11.4 Å². The molecule has 6 nitrogen and oxygen atoms in total. The third-order valence-electron chi connectivity index (χ3n) is 3.17. The molecule has 0 aliphatic carbocycles. The molecule has 0 aliphatic heterocycles. The number of nitrogens with one attached hydrogen (secondary N) is 2. The molecule has 0 bridgehead atoms. The van der Waals surface area contributed by atoms with Crippen molar-refractivity contribution in [2.75, 3.05) is 23.9 Å². The smallest absolute Gasteiger partial charge is 0.148 e. The minimum atomic E-state index is -0.260. The first kappa shape index (κ1) is 17.7. The Hall–Kier alpha value is -1.40. The molecule has 0 amide bonds. The maximum atomic E-state index is 5.70. The van der Waals surface area contributed by atoms with Crippen LogP contribution in [0, 0.1) is 6.92 Å². The van der Waals surface area contributed by atoms with Crippen LogP contribution in [0.15, 0.2) is 0 Å². The lowest BCUT2D eigenvalue weighted by Crippen LogP contribution is -2.34. The summed E-state index contributed by atoms with van der Waals surface area (Å²) in [5.41, 5.74) is 3.14. The minimum Gasteiger partial charge on any atom is -0.374 e. The zero-order valence-electron chi connectivity index (χ0n) is 14.3. The molecule has 0 aliphatic rings. The lowest BCUT2D eigenvalue weighted by Gasteiger charge is -2.26. The molecular weight excluding hydrogens is 266 g/mol. The van der Waals surface area contributed by atoms with E-state index in [1.165, 1.54) is 0 Å². The maximum Gasteiger partial charge on any atom is 0.148 e. The highest BCUT2D eigenvalue weighted by atomic mass is 16.5. The van der Waals surface area contributed by atoms with Gasteiger partial charge in [-0.15, -0.1) is 0 Å². The summed E-state index contributed by atoms with van der Waals surface area (Å²) >= 11 is 0. The molecule has 0 saturated carbocycles. The van der Waals surface area contributed by atoms with E-state index in [0.29, 0.717) is 19.0 Å². The summed E-state index contributed by atoms with van der Waals surface area (Å²) in [4.78, 5) is 9.13. The summed E-state index contributed by atoms with van der Waals surface area (Å²) in [6.45, 7) is 15.6. The van der Waals surface area contributed by atoms with Gasteiger partial charge in [0, 0.05) is 24.1 Å². The summed E-state index contributed by atoms with van der Waals surface area (Å²) in [7, 11) is 0. The van der Waals surface area contributed by atoms with Gasteiger partial charge in [0.15, 0.2) is 0 Å². The van der Waals surface area contributed by atoms with Crippen LogP contribution < -0.4 is 16.6 Å². The predicted molar refractivity (Wildman–Crippen MR) is 87.5 cm³/mol. The first-order valence-electron chi connectivity index (χ1n) is 7.34. The first-order chi connectivity index (χ1) is 9.60. The maximum absolute atomic E-state index is 5.70. The number of anilines is 2. The predicted octanol–water partition coefficient (Wildman–Crippen LogP) is 2.60. The minimum absolute atomic E-state index is 0.148. The van der Waals surface area contributed by atoms with Gasteiger partial charge in [-0.05, 0) is 27.7 Å². The van der Waals surface area contributed by atoms with E-state index in [1.54, 1.807) is 0 Å². The van der Waals surface area contributed by atoms with E-state index in [0.717, 1.165) is 17.2 Å². The third-order valence-corrected chi connectivity index (χ3v) is 3.17. The van der Waals surface area contributed by atoms with E-state index in [-0.39, 0.29) is 11.0 Å². The van der Waals surface area contributed by atoms with Crippen molar-refractivity contribution in [3.8, 4) is 0 Å². The fourth-order valence-electron chi connectivity index (χ4n) is 1.90. The van der Waals surface area contributed by atoms with Crippen LogP contribution in [0.4, 0.5) is 11.6 Å². The lowest BCUT2D eigenvalue weighted by molar-refractivity contribution is 0.000631. The van der Waals surface area contributed by atoms with Gasteiger partial charge in [-0.1, -0.05) is 20.8 Å². The van der Waals surface area contributed by atoms with Crippen LogP contribution >= 0.6 is 0 Å². The molecule has 0 atom stereocenters. The Bertz CT molecular complexity index is 480. The Morgan fingerprint density at radius 1 is 1.10 bits per heavy atom. The molecule has 1 rings (SSSR count). The van der Waals surface area contributed by atoms with Crippen LogP contribution in [0.25, 0.3) is 0 Å². The number of rotatable bonds is 6. The van der Waals surface area contributed by atoms with Gasteiger partial charge in [-0.25, -0.2) is 15.8 Å². The zero-order chi connectivity index (χ0) is 16.3. The standard InChI is InChI=1S/C15H29N5O/c1-8-21-15(6,7)9-17-11-10(2)12(20-16)19-13(18-11)14(3,4)5/h8-9,16H2,1-7H3,(H2,17,18,19,20). The van der Waals surface area contributed by atoms with E-state index in [9.17, 15) is 0 Å². The summed E-state index contributed by atoms with van der Waals surface area (Å²) < 4.78 is 5.70. The van der Waals surface area contributed by atoms with Gasteiger partial charge in [0.1, 0.15) is 17.5 Å². The molecule has 0 fully saturated rings. The second-order valence-corrected chi connectivity index (χ2v) is 6.81. The van der Waals surface area contributed by atoms with Crippen LogP contribution in [-0.4, -0.2) is 28.7 Å². The molecule has 4 N–H and O–H groups in total. The van der Waals surface area contributed by atoms with Crippen molar-refractivity contribution < 1.29 is 4.74 Å². The lowest BCUT2D eigenvalue weighted by atomic mass is 9.95. The quantitative estimate of drug-likeness (QED) is 0.552. The van der Waals surface area contributed by atoms with Crippen LogP contribution in [0.5, 0.6) is 0 Å². The van der Waals surface area contributed by atoms with Gasteiger partial charge >= 0.3 is 0 Å². The van der Waals surface area contributed by atoms with Gasteiger partial charge in [-0.3, -0.25) is 0 Å². The molecule has 1 heterocycles. The molecule has 120 valence electrons. The summed E-state index contributed by atoms with van der Waals surface area (Å²) in [5.74, 6) is 7.75. The number of nitrogen functional groups attached to an aromatic ring is 1. The Morgan fingerprint density at radius 2 is 1.67 bits per heavy atom. The first-order valence-corrected chi connectivity index (χ1v) is 7.34. The van der Waals surface area contributed by atoms with Crippen LogP contribution in [-0.2, 0) is 10.2 Å². The van der Waals surface area contributed by atoms with Crippen molar-refractivity contribution >= 4 is 11.6 Å². The second-order valence-electron chi connectivity index (χ2n) is 6.81. The van der Waals surface area contributed by atoms with Gasteiger partial charge < -0.3 is 15.5 Å². The number of nitrogens with zero attached hydrogens (tertiary/aromatic N) is 2. The number of ether oxygens (including phenoxy) is 1. The SMILES string of the molecule is CCOC(C)(C)CNc1nc(C(C)(C)C)nc(NN)c1C. The molecule has 1 aromatic heterocycles. The summed E-state index contributed by atoms with van der Waals surface area (Å²) in [6.07, 6.45) is 0. The van der Waals surface area contributed by atoms with E-state index in [4.69, 9.17) is 10.6 Å². The average molecular weight is 295 g/mol. The van der Waals surface area contributed by atoms with Crippen LogP contribution in [0.2, 0.25) is 0 Å². The number of hydrazine groups is 1. The molecule has 1 aromatic rings. The monoisotopic (exact) mass is 295 g/mol. The number of aromatic nitrogens is 2. The van der Waals surface area contributed by atoms with Crippen molar-refractivity contribution in [1.29, 1.82) is 0 Å². The Labute approximate surface area is 127 Å². The van der Waals surface area contributed by atoms with E-state index < -0.39 is 0 Å². The number of hydrogen-bond donors (Lipinski definition) is 3. The van der Waals surface area contributed by atoms with Gasteiger partial charge in [0.2, 0.25) is 0 Å². The normalized spacial score (nSPS) is 12.4. The number of hydrogen-bond acceptors (Lipinski definition) is 6. The van der Waals surface area contributed by atoms with Crippen molar-refractivity contribution in [2.24, 2.45) is 5.84 Å². The fraction of sp³-hybridized carbons (Fsp3) is 0.733. The zero-order valence-corrected chi connectivity index (χ0v) is 14.3. The molecule has 0 unspecified atom stereocenters. The van der Waals surface area contributed by atoms with Crippen molar-refractivity contribution in [2.45, 2.75) is 59.5 Å². The largest absolute Gasteiger partial charge is 0.374 e. The summed E-state index contributed by atoms with van der Waals surface area (Å²) in [5, 5.41) is 3.35. The highest BCUT2D eigenvalue weighted by Gasteiger charge is 2.23. The molecule has 0 spiro atoms. The molecule has 0 saturated heterocycles. The van der Waals surface area contributed by atoms with Crippen molar-refractivity contribution in [3.63, 3.8) is 0 Å². The van der Waals surface area contributed by atoms with Crippen molar-refractivity contribution in [1.82, 2.24) is 9.97 Å². The Kier molecular flexibility index (Phi) is 5.53. The topological polar surface area (TPSA) is 85.1 Å². The van der Waals surface area contributed by atoms with E-state index >= 15 is 0 Å². The fourth-order valence-corrected chi connectivity index (χ4v) is 1.90. The average Bonchev–Trinajstić information content (AvgIpc) is 2.36. The molecular formula is C15H29N5O. The summed E-state index contributed by atoms with van der Waals surface area (Å²) in [6, 6.07) is 0. The third kappa shape index (κ3) is 4.82. The van der Waals surface area contributed by atoms with E-state index in [1.807, 2.05) is 27.7 Å². The second kappa shape index (κ2) is 6.58. The van der Waals surface area contributed by atoms with E-state index in [2.05, 4.69) is 41.5 Å². The molecule has 21 heavy (non-hydrogen) atoms. The van der Waals surface area contributed by atoms with Gasteiger partial charge in [-0.2, -0.15) is 0 Å². The molecule has 6 heteroatoms. The Morgan fingerprint density at radius 3 is 2.14 bits per heavy atom. The molecule has 0 aromatic carbocycles. The van der Waals surface area contributed by atoms with Gasteiger partial charge in [0.05, 0.1) is 5.60 Å². The molecule has 0 radical (unpaired) electrons.